The Balaban J connectivity index is 2.59. The maximum Gasteiger partial charge on any atom is 0.308 e. The lowest BCUT2D eigenvalue weighted by Gasteiger charge is -2.14. The van der Waals surface area contributed by atoms with Crippen molar-refractivity contribution in [2.75, 3.05) is 6.54 Å². The molecule has 20 heavy (non-hydrogen) atoms. The van der Waals surface area contributed by atoms with Crippen molar-refractivity contribution >= 4 is 11.9 Å². The number of benzene rings is 1. The Morgan fingerprint density at radius 1 is 1.25 bits per heavy atom. The predicted octanol–water partition coefficient (Wildman–Crippen LogP) is 1.85. The van der Waals surface area contributed by atoms with Gasteiger partial charge in [-0.3, -0.25) is 9.59 Å². The van der Waals surface area contributed by atoms with Crippen molar-refractivity contribution in [3.05, 3.63) is 29.8 Å². The summed E-state index contributed by atoms with van der Waals surface area (Å²) in [4.78, 5) is 22.5. The largest absolute Gasteiger partial charge is 0.491 e. The van der Waals surface area contributed by atoms with E-state index in [2.05, 4.69) is 5.32 Å². The van der Waals surface area contributed by atoms with Crippen LogP contribution in [-0.2, 0) is 16.0 Å². The van der Waals surface area contributed by atoms with Gasteiger partial charge in [0.25, 0.3) is 0 Å². The second-order valence-electron chi connectivity index (χ2n) is 4.99. The lowest BCUT2D eigenvalue weighted by molar-refractivity contribution is -0.141. The summed E-state index contributed by atoms with van der Waals surface area (Å²) in [7, 11) is 0. The first-order valence-electron chi connectivity index (χ1n) is 6.64. The maximum absolute atomic E-state index is 11.8. The van der Waals surface area contributed by atoms with Crippen molar-refractivity contribution in [3.8, 4) is 5.75 Å². The van der Waals surface area contributed by atoms with E-state index in [1.807, 2.05) is 38.1 Å². The van der Waals surface area contributed by atoms with Crippen LogP contribution in [0.15, 0.2) is 24.3 Å². The Labute approximate surface area is 118 Å². The van der Waals surface area contributed by atoms with Crippen LogP contribution >= 0.6 is 0 Å². The molecule has 1 unspecified atom stereocenters. The van der Waals surface area contributed by atoms with Crippen LogP contribution in [0.3, 0.4) is 0 Å². The number of aliphatic carboxylic acids is 1. The predicted molar refractivity (Wildman–Crippen MR) is 75.7 cm³/mol. The zero-order valence-corrected chi connectivity index (χ0v) is 12.1. The molecule has 0 fully saturated rings. The molecule has 1 rings (SSSR count). The molecule has 0 spiro atoms. The number of carbonyl (C=O) groups is 2. The minimum Gasteiger partial charge on any atom is -0.491 e. The fraction of sp³-hybridized carbons (Fsp3) is 0.467. The molecule has 0 aliphatic carbocycles. The molecule has 2 N–H and O–H groups in total. The van der Waals surface area contributed by atoms with E-state index in [9.17, 15) is 9.59 Å². The Bertz CT molecular complexity index is 471. The van der Waals surface area contributed by atoms with E-state index in [0.717, 1.165) is 5.56 Å². The maximum atomic E-state index is 11.8. The first-order chi connectivity index (χ1) is 9.40. The van der Waals surface area contributed by atoms with E-state index in [1.165, 1.54) is 0 Å². The topological polar surface area (TPSA) is 75.6 Å². The summed E-state index contributed by atoms with van der Waals surface area (Å²) < 4.78 is 5.64. The number of carbonyl (C=O) groups excluding carboxylic acids is 1. The van der Waals surface area contributed by atoms with Crippen molar-refractivity contribution in [2.45, 2.75) is 33.3 Å². The Morgan fingerprint density at radius 2 is 1.90 bits per heavy atom. The summed E-state index contributed by atoms with van der Waals surface area (Å²) in [6.07, 6.45) is 0.209. The fourth-order valence-corrected chi connectivity index (χ4v) is 1.61. The number of hydrogen-bond acceptors (Lipinski definition) is 3. The van der Waals surface area contributed by atoms with Crippen LogP contribution < -0.4 is 10.1 Å². The lowest BCUT2D eigenvalue weighted by atomic mass is 10.1. The molecule has 5 heteroatoms. The van der Waals surface area contributed by atoms with Crippen molar-refractivity contribution < 1.29 is 19.4 Å². The Hall–Kier alpha value is -2.04. The highest BCUT2D eigenvalue weighted by Gasteiger charge is 2.14. The standard InChI is InChI=1S/C15H21NO4/c1-10(2)20-13-7-5-4-6-12(13)8-14(17)16-9-11(3)15(18)19/h4-7,10-11H,8-9H2,1-3H3,(H,16,17)(H,18,19). The zero-order chi connectivity index (χ0) is 15.1. The van der Waals surface area contributed by atoms with Gasteiger partial charge in [0, 0.05) is 12.1 Å². The van der Waals surface area contributed by atoms with Crippen LogP contribution in [-0.4, -0.2) is 29.6 Å². The number of amides is 1. The fourth-order valence-electron chi connectivity index (χ4n) is 1.61. The van der Waals surface area contributed by atoms with Gasteiger partial charge < -0.3 is 15.2 Å². The van der Waals surface area contributed by atoms with Crippen LogP contribution in [0.1, 0.15) is 26.3 Å². The second-order valence-corrected chi connectivity index (χ2v) is 4.99. The minimum absolute atomic E-state index is 0.0336. The molecular weight excluding hydrogens is 258 g/mol. The molecule has 0 saturated carbocycles. The van der Waals surface area contributed by atoms with E-state index in [4.69, 9.17) is 9.84 Å². The highest BCUT2D eigenvalue weighted by atomic mass is 16.5. The number of rotatable bonds is 7. The molecule has 5 nitrogen and oxygen atoms in total. The molecule has 0 aromatic heterocycles. The molecule has 0 aliphatic rings. The van der Waals surface area contributed by atoms with Gasteiger partial charge in [-0.05, 0) is 19.9 Å². The summed E-state index contributed by atoms with van der Waals surface area (Å²) in [5, 5.41) is 11.4. The summed E-state index contributed by atoms with van der Waals surface area (Å²) >= 11 is 0. The van der Waals surface area contributed by atoms with Crippen LogP contribution in [0.4, 0.5) is 0 Å². The highest BCUT2D eigenvalue weighted by Crippen LogP contribution is 2.19. The number of ether oxygens (including phenoxy) is 1. The molecule has 0 radical (unpaired) electrons. The number of nitrogens with one attached hydrogen (secondary N) is 1. The molecule has 1 atom stereocenters. The molecule has 1 aromatic carbocycles. The highest BCUT2D eigenvalue weighted by molar-refractivity contribution is 5.80. The first-order valence-corrected chi connectivity index (χ1v) is 6.64. The molecule has 0 bridgehead atoms. The van der Waals surface area contributed by atoms with Crippen molar-refractivity contribution in [3.63, 3.8) is 0 Å². The van der Waals surface area contributed by atoms with Crippen LogP contribution in [0, 0.1) is 5.92 Å². The van der Waals surface area contributed by atoms with Gasteiger partial charge in [0.2, 0.25) is 5.91 Å². The van der Waals surface area contributed by atoms with E-state index in [-0.39, 0.29) is 25.0 Å². The molecule has 1 aromatic rings. The van der Waals surface area contributed by atoms with Gasteiger partial charge in [-0.2, -0.15) is 0 Å². The van der Waals surface area contributed by atoms with Gasteiger partial charge in [-0.1, -0.05) is 25.1 Å². The molecule has 0 heterocycles. The monoisotopic (exact) mass is 279 g/mol. The van der Waals surface area contributed by atoms with Crippen molar-refractivity contribution in [1.29, 1.82) is 0 Å². The Morgan fingerprint density at radius 3 is 2.50 bits per heavy atom. The zero-order valence-electron chi connectivity index (χ0n) is 12.1. The molecule has 0 aliphatic heterocycles. The van der Waals surface area contributed by atoms with E-state index >= 15 is 0 Å². The summed E-state index contributed by atoms with van der Waals surface area (Å²) in [5.41, 5.74) is 0.793. The SMILES string of the molecule is CC(C)Oc1ccccc1CC(=O)NCC(C)C(=O)O. The number of para-hydroxylation sites is 1. The number of hydrogen-bond donors (Lipinski definition) is 2. The van der Waals surface area contributed by atoms with Gasteiger partial charge in [-0.25, -0.2) is 0 Å². The molecular formula is C15H21NO4. The van der Waals surface area contributed by atoms with E-state index < -0.39 is 11.9 Å². The number of carboxylic acids is 1. The van der Waals surface area contributed by atoms with Crippen molar-refractivity contribution in [1.82, 2.24) is 5.32 Å². The summed E-state index contributed by atoms with van der Waals surface area (Å²) in [6, 6.07) is 7.35. The van der Waals surface area contributed by atoms with Gasteiger partial charge in [0.05, 0.1) is 18.4 Å². The third-order valence-electron chi connectivity index (χ3n) is 2.71. The molecule has 1 amide bonds. The van der Waals surface area contributed by atoms with E-state index in [0.29, 0.717) is 5.75 Å². The minimum atomic E-state index is -0.922. The van der Waals surface area contributed by atoms with Crippen molar-refractivity contribution in [2.24, 2.45) is 5.92 Å². The summed E-state index contributed by atoms with van der Waals surface area (Å²) in [5.74, 6) is -1.04. The first kappa shape index (κ1) is 16.0. The third-order valence-corrected chi connectivity index (χ3v) is 2.71. The normalized spacial score (nSPS) is 12.0. The van der Waals surface area contributed by atoms with Crippen LogP contribution in [0.5, 0.6) is 5.75 Å². The van der Waals surface area contributed by atoms with Crippen LogP contribution in [0.25, 0.3) is 0 Å². The second kappa shape index (κ2) is 7.53. The smallest absolute Gasteiger partial charge is 0.308 e. The number of carboxylic acid groups (broad SMARTS) is 1. The third kappa shape index (κ3) is 5.30. The quantitative estimate of drug-likeness (QED) is 0.798. The van der Waals surface area contributed by atoms with Gasteiger partial charge >= 0.3 is 5.97 Å². The van der Waals surface area contributed by atoms with E-state index in [1.54, 1.807) is 6.92 Å². The summed E-state index contributed by atoms with van der Waals surface area (Å²) in [6.45, 7) is 5.52. The van der Waals surface area contributed by atoms with Crippen LogP contribution in [0.2, 0.25) is 0 Å². The Kier molecular flexibility index (Phi) is 6.03. The average molecular weight is 279 g/mol. The van der Waals surface area contributed by atoms with Gasteiger partial charge in [0.15, 0.2) is 0 Å². The van der Waals surface area contributed by atoms with Gasteiger partial charge in [0.1, 0.15) is 5.75 Å². The van der Waals surface area contributed by atoms with Gasteiger partial charge in [-0.15, -0.1) is 0 Å². The molecule has 0 saturated heterocycles. The average Bonchev–Trinajstić information content (AvgIpc) is 2.37. The molecule has 110 valence electrons. The lowest BCUT2D eigenvalue weighted by Crippen LogP contribution is -2.32.